The second kappa shape index (κ2) is 7.22. The molecule has 4 nitrogen and oxygen atoms in total. The van der Waals surface area contributed by atoms with Crippen molar-refractivity contribution in [2.45, 2.75) is 9.79 Å². The molecule has 33 heavy (non-hydrogen) atoms. The first-order valence-corrected chi connectivity index (χ1v) is 11.7. The average Bonchev–Trinajstić information content (AvgIpc) is 3.22. The summed E-state index contributed by atoms with van der Waals surface area (Å²) in [5, 5.41) is 2.43. The molecule has 1 aliphatic heterocycles. The third-order valence-electron chi connectivity index (χ3n) is 6.08. The van der Waals surface area contributed by atoms with E-state index in [4.69, 9.17) is 4.98 Å². The predicted molar refractivity (Wildman–Crippen MR) is 135 cm³/mol. The van der Waals surface area contributed by atoms with Crippen LogP contribution in [0.15, 0.2) is 119 Å². The Morgan fingerprint density at radius 2 is 1.06 bits per heavy atom. The van der Waals surface area contributed by atoms with Gasteiger partial charge in [0.15, 0.2) is 11.6 Å². The number of nitrogens with zero attached hydrogens (tertiary/aromatic N) is 4. The van der Waals surface area contributed by atoms with E-state index in [1.54, 1.807) is 11.8 Å². The van der Waals surface area contributed by atoms with Gasteiger partial charge in [0.1, 0.15) is 0 Å². The van der Waals surface area contributed by atoms with E-state index in [1.165, 1.54) is 20.6 Å². The molecule has 0 N–H and O–H groups in total. The molecule has 1 aliphatic rings. The molecule has 156 valence electrons. The highest BCUT2D eigenvalue weighted by Gasteiger charge is 2.26. The fourth-order valence-corrected chi connectivity index (χ4v) is 5.74. The van der Waals surface area contributed by atoms with Crippen molar-refractivity contribution in [3.8, 4) is 5.82 Å². The molecule has 0 saturated heterocycles. The van der Waals surface area contributed by atoms with Gasteiger partial charge in [-0.1, -0.05) is 72.4 Å². The summed E-state index contributed by atoms with van der Waals surface area (Å²) < 4.78 is 2.21. The number of hydrogen-bond donors (Lipinski definition) is 0. The molecule has 0 fully saturated rings. The van der Waals surface area contributed by atoms with Crippen LogP contribution in [0.2, 0.25) is 0 Å². The third-order valence-corrected chi connectivity index (χ3v) is 7.21. The van der Waals surface area contributed by atoms with Crippen LogP contribution in [0.1, 0.15) is 0 Å². The zero-order valence-corrected chi connectivity index (χ0v) is 18.4. The highest BCUT2D eigenvalue weighted by molar-refractivity contribution is 7.99. The monoisotopic (exact) mass is 442 g/mol. The first-order valence-electron chi connectivity index (χ1n) is 10.9. The molecule has 0 amide bonds. The maximum atomic E-state index is 5.15. The molecule has 0 radical (unpaired) electrons. The molecule has 0 unspecified atom stereocenters. The topological polar surface area (TPSA) is 34.0 Å². The van der Waals surface area contributed by atoms with Gasteiger partial charge in [-0.15, -0.1) is 0 Å². The van der Waals surface area contributed by atoms with Crippen LogP contribution in [0, 0.1) is 0 Å². The van der Waals surface area contributed by atoms with Gasteiger partial charge >= 0.3 is 0 Å². The fraction of sp³-hybridized carbons (Fsp3) is 0. The lowest BCUT2D eigenvalue weighted by Crippen LogP contribution is -2.17. The fourth-order valence-electron chi connectivity index (χ4n) is 4.68. The minimum absolute atomic E-state index is 0.801. The standard InChI is InChI=1S/C28H18N4S/c1-3-11-21-19(9-1)20-10-2-4-12-22(20)31(21)27-17-29-18-28(30-27)32-23-13-5-7-15-25(23)33-26-16-8-6-14-24(26)32/h1-18H. The van der Waals surface area contributed by atoms with Crippen molar-refractivity contribution in [2.75, 3.05) is 4.90 Å². The quantitative estimate of drug-likeness (QED) is 0.277. The summed E-state index contributed by atoms with van der Waals surface area (Å²) >= 11 is 1.79. The smallest absolute Gasteiger partial charge is 0.158 e. The Bertz CT molecular complexity index is 1570. The van der Waals surface area contributed by atoms with Crippen molar-refractivity contribution in [1.29, 1.82) is 0 Å². The van der Waals surface area contributed by atoms with Crippen molar-refractivity contribution < 1.29 is 0 Å². The van der Waals surface area contributed by atoms with Gasteiger partial charge in [-0.2, -0.15) is 0 Å². The van der Waals surface area contributed by atoms with Crippen LogP contribution >= 0.6 is 11.8 Å². The van der Waals surface area contributed by atoms with Crippen LogP contribution in [0.3, 0.4) is 0 Å². The van der Waals surface area contributed by atoms with E-state index >= 15 is 0 Å². The average molecular weight is 443 g/mol. The number of aromatic nitrogens is 3. The molecule has 0 aliphatic carbocycles. The maximum absolute atomic E-state index is 5.15. The van der Waals surface area contributed by atoms with Crippen molar-refractivity contribution >= 4 is 50.8 Å². The highest BCUT2D eigenvalue weighted by Crippen LogP contribution is 2.50. The summed E-state index contributed by atoms with van der Waals surface area (Å²) in [4.78, 5) is 14.4. The van der Waals surface area contributed by atoms with E-state index in [9.17, 15) is 0 Å². The first-order chi connectivity index (χ1) is 16.4. The van der Waals surface area contributed by atoms with Crippen LogP contribution in [-0.2, 0) is 0 Å². The van der Waals surface area contributed by atoms with Crippen molar-refractivity contribution in [1.82, 2.24) is 14.5 Å². The summed E-state index contributed by atoms with van der Waals surface area (Å²) in [6.45, 7) is 0. The van der Waals surface area contributed by atoms with Crippen molar-refractivity contribution in [3.05, 3.63) is 109 Å². The molecule has 0 bridgehead atoms. The molecule has 3 heterocycles. The van der Waals surface area contributed by atoms with Gasteiger partial charge < -0.3 is 0 Å². The summed E-state index contributed by atoms with van der Waals surface area (Å²) in [6.07, 6.45) is 3.69. The maximum Gasteiger partial charge on any atom is 0.158 e. The van der Waals surface area contributed by atoms with Gasteiger partial charge in [-0.3, -0.25) is 14.5 Å². The molecular weight excluding hydrogens is 424 g/mol. The Hall–Kier alpha value is -4.09. The van der Waals surface area contributed by atoms with Gasteiger partial charge in [-0.05, 0) is 36.4 Å². The summed E-state index contributed by atoms with van der Waals surface area (Å²) in [7, 11) is 0. The van der Waals surface area contributed by atoms with Gasteiger partial charge in [-0.25, -0.2) is 4.98 Å². The third kappa shape index (κ3) is 2.79. The lowest BCUT2D eigenvalue weighted by Gasteiger charge is -2.31. The Labute approximate surface area is 195 Å². The first kappa shape index (κ1) is 18.5. The Balaban J connectivity index is 1.48. The number of para-hydroxylation sites is 4. The minimum Gasteiger partial charge on any atom is -0.292 e. The van der Waals surface area contributed by atoms with Gasteiger partial charge in [0.2, 0.25) is 0 Å². The molecule has 2 aromatic heterocycles. The van der Waals surface area contributed by atoms with Crippen LogP contribution < -0.4 is 4.90 Å². The summed E-state index contributed by atoms with van der Waals surface area (Å²) in [5.41, 5.74) is 4.49. The normalized spacial score (nSPS) is 12.7. The molecule has 4 aromatic carbocycles. The van der Waals surface area contributed by atoms with E-state index in [0.717, 1.165) is 34.0 Å². The van der Waals surface area contributed by atoms with E-state index in [-0.39, 0.29) is 0 Å². The van der Waals surface area contributed by atoms with E-state index in [2.05, 4.69) is 112 Å². The predicted octanol–water partition coefficient (Wildman–Crippen LogP) is 7.51. The largest absolute Gasteiger partial charge is 0.292 e. The second-order valence-electron chi connectivity index (χ2n) is 7.98. The Morgan fingerprint density at radius 3 is 1.70 bits per heavy atom. The van der Waals surface area contributed by atoms with Gasteiger partial charge in [0.25, 0.3) is 0 Å². The number of hydrogen-bond acceptors (Lipinski definition) is 4. The molecule has 5 heteroatoms. The zero-order valence-electron chi connectivity index (χ0n) is 17.6. The molecule has 7 rings (SSSR count). The van der Waals surface area contributed by atoms with E-state index < -0.39 is 0 Å². The van der Waals surface area contributed by atoms with Gasteiger partial charge in [0.05, 0.1) is 34.8 Å². The second-order valence-corrected chi connectivity index (χ2v) is 9.06. The summed E-state index contributed by atoms with van der Waals surface area (Å²) in [6, 6.07) is 33.9. The van der Waals surface area contributed by atoms with Crippen molar-refractivity contribution in [2.24, 2.45) is 0 Å². The Morgan fingerprint density at radius 1 is 0.545 bits per heavy atom. The molecule has 6 aromatic rings. The molecular formula is C28H18N4S. The van der Waals surface area contributed by atoms with Crippen LogP contribution in [0.5, 0.6) is 0 Å². The summed E-state index contributed by atoms with van der Waals surface area (Å²) in [5.74, 6) is 1.60. The highest BCUT2D eigenvalue weighted by atomic mass is 32.2. The number of anilines is 3. The van der Waals surface area contributed by atoms with Crippen LogP contribution in [-0.4, -0.2) is 14.5 Å². The van der Waals surface area contributed by atoms with Crippen molar-refractivity contribution in [3.63, 3.8) is 0 Å². The number of fused-ring (bicyclic) bond motifs is 5. The minimum atomic E-state index is 0.801. The molecule has 0 atom stereocenters. The number of rotatable bonds is 2. The number of benzene rings is 4. The van der Waals surface area contributed by atoms with Crippen LogP contribution in [0.25, 0.3) is 27.6 Å². The molecule has 0 saturated carbocycles. The van der Waals surface area contributed by atoms with Crippen LogP contribution in [0.4, 0.5) is 17.2 Å². The Kier molecular flexibility index (Phi) is 4.04. The van der Waals surface area contributed by atoms with Gasteiger partial charge in [0, 0.05) is 20.6 Å². The molecule has 0 spiro atoms. The lowest BCUT2D eigenvalue weighted by molar-refractivity contribution is 1.01. The lowest BCUT2D eigenvalue weighted by atomic mass is 10.2. The zero-order chi connectivity index (χ0) is 21.8. The van der Waals surface area contributed by atoms with E-state index in [1.807, 2.05) is 12.4 Å². The SMILES string of the molecule is c1ccc2c(c1)Sc1ccccc1N2c1cncc(-n2c3ccccc3c3ccccc32)n1. The van der Waals surface area contributed by atoms with E-state index in [0.29, 0.717) is 0 Å².